The Morgan fingerprint density at radius 3 is 2.75 bits per heavy atom. The van der Waals surface area contributed by atoms with Crippen molar-refractivity contribution in [2.45, 2.75) is 32.4 Å². The molecule has 0 saturated heterocycles. The number of aryl methyl sites for hydroxylation is 1. The van der Waals surface area contributed by atoms with Gasteiger partial charge in [-0.15, -0.1) is 0 Å². The van der Waals surface area contributed by atoms with Gasteiger partial charge in [0.1, 0.15) is 18.1 Å². The summed E-state index contributed by atoms with van der Waals surface area (Å²) in [4.78, 5) is 9.34. The van der Waals surface area contributed by atoms with Crippen molar-refractivity contribution < 1.29 is 4.74 Å². The summed E-state index contributed by atoms with van der Waals surface area (Å²) < 4.78 is 11.5. The minimum Gasteiger partial charge on any atom is -0.360 e. The largest absolute Gasteiger partial charge is 0.360 e. The van der Waals surface area contributed by atoms with Crippen molar-refractivity contribution in [2.24, 2.45) is 7.05 Å². The molecule has 9 heteroatoms. The van der Waals surface area contributed by atoms with Crippen LogP contribution < -0.4 is 0 Å². The highest BCUT2D eigenvalue weighted by Crippen LogP contribution is 2.24. The predicted octanol–water partition coefficient (Wildman–Crippen LogP) is 3.31. The van der Waals surface area contributed by atoms with E-state index in [1.807, 2.05) is 46.9 Å². The monoisotopic (exact) mass is 395 g/mol. The number of rotatable bonds is 7. The molecule has 0 aliphatic carbocycles. The Balaban J connectivity index is 1.66. The van der Waals surface area contributed by atoms with Crippen LogP contribution in [0.25, 0.3) is 28.4 Å². The molecule has 4 rings (SSSR count). The van der Waals surface area contributed by atoms with E-state index >= 15 is 0 Å². The van der Waals surface area contributed by atoms with Crippen LogP contribution in [0.3, 0.4) is 0 Å². The van der Waals surface area contributed by atoms with Gasteiger partial charge < -0.3 is 4.74 Å². The minimum absolute atomic E-state index is 0.405. The van der Waals surface area contributed by atoms with Crippen molar-refractivity contribution in [1.82, 2.24) is 33.9 Å². The molecule has 0 amide bonds. The van der Waals surface area contributed by atoms with Gasteiger partial charge >= 0.3 is 0 Å². The second kappa shape index (κ2) is 7.32. The fraction of sp³-hybridized carbons (Fsp3) is 0.368. The minimum atomic E-state index is -1.11. The van der Waals surface area contributed by atoms with Gasteiger partial charge in [0.05, 0.1) is 11.9 Å². The third-order valence-electron chi connectivity index (χ3n) is 4.55. The molecule has 0 spiro atoms. The highest BCUT2D eigenvalue weighted by molar-refractivity contribution is 6.76. The van der Waals surface area contributed by atoms with Crippen LogP contribution in [-0.4, -0.2) is 48.6 Å². The molecule has 0 aliphatic heterocycles. The van der Waals surface area contributed by atoms with Gasteiger partial charge in [0.25, 0.3) is 0 Å². The molecule has 0 aliphatic rings. The van der Waals surface area contributed by atoms with Crippen LogP contribution in [0.5, 0.6) is 0 Å². The zero-order valence-electron chi connectivity index (χ0n) is 16.7. The van der Waals surface area contributed by atoms with Gasteiger partial charge in [0, 0.05) is 58.1 Å². The van der Waals surface area contributed by atoms with Gasteiger partial charge in [0.2, 0.25) is 0 Å². The van der Waals surface area contributed by atoms with Gasteiger partial charge in [-0.3, -0.25) is 9.08 Å². The van der Waals surface area contributed by atoms with Crippen molar-refractivity contribution in [2.75, 3.05) is 6.61 Å². The van der Waals surface area contributed by atoms with E-state index in [-0.39, 0.29) is 0 Å². The first-order chi connectivity index (χ1) is 13.4. The Kier molecular flexibility index (Phi) is 4.86. The Bertz CT molecular complexity index is 1090. The van der Waals surface area contributed by atoms with Gasteiger partial charge in [0.15, 0.2) is 5.82 Å². The molecule has 4 heterocycles. The summed E-state index contributed by atoms with van der Waals surface area (Å²) in [6.07, 6.45) is 9.22. The number of aromatic nitrogens is 7. The van der Waals surface area contributed by atoms with Crippen LogP contribution >= 0.6 is 0 Å². The second-order valence-corrected chi connectivity index (χ2v) is 13.7. The van der Waals surface area contributed by atoms with Crippen LogP contribution in [-0.2, 0) is 18.5 Å². The van der Waals surface area contributed by atoms with E-state index in [0.29, 0.717) is 6.73 Å². The first-order valence-corrected chi connectivity index (χ1v) is 13.0. The zero-order valence-corrected chi connectivity index (χ0v) is 17.7. The standard InChI is InChI=1S/C19H25N7OSi/c1-24-13-15(12-22-24)16-11-18-20-7-8-25(18)19(23-16)17-5-6-21-26(17)14-27-9-10-28(2,3)4/h5-8,11-13H,9-10,14H2,1-4H3. The molecule has 28 heavy (non-hydrogen) atoms. The Labute approximate surface area is 164 Å². The van der Waals surface area contributed by atoms with Crippen LogP contribution in [0, 0.1) is 0 Å². The molecule has 0 fully saturated rings. The Morgan fingerprint density at radius 1 is 1.14 bits per heavy atom. The zero-order chi connectivity index (χ0) is 19.7. The first kappa shape index (κ1) is 18.6. The summed E-state index contributed by atoms with van der Waals surface area (Å²) in [5, 5.41) is 8.69. The number of imidazole rings is 1. The topological polar surface area (TPSA) is 75.1 Å². The van der Waals surface area contributed by atoms with Crippen LogP contribution in [0.2, 0.25) is 25.7 Å². The Morgan fingerprint density at radius 2 is 2.00 bits per heavy atom. The van der Waals surface area contributed by atoms with Gasteiger partial charge in [-0.25, -0.2) is 14.6 Å². The molecule has 4 aromatic rings. The van der Waals surface area contributed by atoms with E-state index in [9.17, 15) is 0 Å². The summed E-state index contributed by atoms with van der Waals surface area (Å²) >= 11 is 0. The first-order valence-electron chi connectivity index (χ1n) is 9.34. The maximum atomic E-state index is 5.90. The molecule has 4 aromatic heterocycles. The second-order valence-electron chi connectivity index (χ2n) is 8.09. The van der Waals surface area contributed by atoms with Gasteiger partial charge in [-0.1, -0.05) is 19.6 Å². The molecule has 0 atom stereocenters. The van der Waals surface area contributed by atoms with Crippen LogP contribution in [0.15, 0.2) is 43.1 Å². The lowest BCUT2D eigenvalue weighted by atomic mass is 10.2. The molecule has 0 aromatic carbocycles. The summed E-state index contributed by atoms with van der Waals surface area (Å²) in [5.41, 5.74) is 3.50. The predicted molar refractivity (Wildman–Crippen MR) is 111 cm³/mol. The SMILES string of the molecule is Cn1cc(-c2cc3nccn3c(-c3ccnn3COCC[Si](C)(C)C)n2)cn1. The lowest BCUT2D eigenvalue weighted by Crippen LogP contribution is -2.22. The van der Waals surface area contributed by atoms with Crippen molar-refractivity contribution in [3.8, 4) is 22.8 Å². The van der Waals surface area contributed by atoms with Gasteiger partial charge in [-0.05, 0) is 12.1 Å². The number of hydrogen-bond acceptors (Lipinski definition) is 5. The summed E-state index contributed by atoms with van der Waals surface area (Å²) in [7, 11) is 0.780. The third kappa shape index (κ3) is 3.90. The van der Waals surface area contributed by atoms with E-state index in [4.69, 9.17) is 9.72 Å². The maximum Gasteiger partial charge on any atom is 0.164 e. The molecule has 146 valence electrons. The average molecular weight is 396 g/mol. The van der Waals surface area contributed by atoms with Crippen LogP contribution in [0.1, 0.15) is 0 Å². The number of hydrogen-bond donors (Lipinski definition) is 0. The van der Waals surface area contributed by atoms with E-state index in [0.717, 1.165) is 41.1 Å². The third-order valence-corrected chi connectivity index (χ3v) is 6.25. The van der Waals surface area contributed by atoms with E-state index < -0.39 is 8.07 Å². The molecule has 0 N–H and O–H groups in total. The lowest BCUT2D eigenvalue weighted by molar-refractivity contribution is 0.0797. The molecular formula is C19H25N7OSi. The molecular weight excluding hydrogens is 370 g/mol. The van der Waals surface area contributed by atoms with Gasteiger partial charge in [-0.2, -0.15) is 10.2 Å². The number of nitrogens with zero attached hydrogens (tertiary/aromatic N) is 7. The maximum absolute atomic E-state index is 5.90. The normalized spacial score (nSPS) is 12.1. The van der Waals surface area contributed by atoms with Crippen molar-refractivity contribution in [3.05, 3.63) is 43.1 Å². The van der Waals surface area contributed by atoms with E-state index in [1.165, 1.54) is 0 Å². The Hall–Kier alpha value is -2.78. The quantitative estimate of drug-likeness (QED) is 0.354. The van der Waals surface area contributed by atoms with Crippen molar-refractivity contribution in [3.63, 3.8) is 0 Å². The summed E-state index contributed by atoms with van der Waals surface area (Å²) in [6, 6.07) is 5.05. The van der Waals surface area contributed by atoms with E-state index in [1.54, 1.807) is 17.1 Å². The fourth-order valence-corrected chi connectivity index (χ4v) is 3.72. The average Bonchev–Trinajstić information content (AvgIpc) is 3.37. The number of fused-ring (bicyclic) bond motifs is 1. The summed E-state index contributed by atoms with van der Waals surface area (Å²) in [5.74, 6) is 0.778. The fourth-order valence-electron chi connectivity index (χ4n) is 2.96. The lowest BCUT2D eigenvalue weighted by Gasteiger charge is -2.16. The van der Waals surface area contributed by atoms with Crippen LogP contribution in [0.4, 0.5) is 0 Å². The van der Waals surface area contributed by atoms with Crippen molar-refractivity contribution in [1.29, 1.82) is 0 Å². The highest BCUT2D eigenvalue weighted by Gasteiger charge is 2.16. The smallest absolute Gasteiger partial charge is 0.164 e. The molecule has 0 bridgehead atoms. The molecule has 8 nitrogen and oxygen atoms in total. The molecule has 0 saturated carbocycles. The molecule has 0 radical (unpaired) electrons. The highest BCUT2D eigenvalue weighted by atomic mass is 28.3. The number of ether oxygens (including phenoxy) is 1. The summed E-state index contributed by atoms with van der Waals surface area (Å²) in [6.45, 7) is 8.19. The van der Waals surface area contributed by atoms with E-state index in [2.05, 4.69) is 34.8 Å². The van der Waals surface area contributed by atoms with Crippen molar-refractivity contribution >= 4 is 13.7 Å². The molecule has 0 unspecified atom stereocenters.